The fourth-order valence-corrected chi connectivity index (χ4v) is 19.3. The second-order valence-electron chi connectivity index (χ2n) is 23.8. The van der Waals surface area contributed by atoms with Gasteiger partial charge in [0.15, 0.2) is 0 Å². The van der Waals surface area contributed by atoms with Crippen molar-refractivity contribution >= 4 is 129 Å². The van der Waals surface area contributed by atoms with Gasteiger partial charge in [0.05, 0.1) is 62.0 Å². The average Bonchev–Trinajstić information content (AvgIpc) is 4.50. The third kappa shape index (κ3) is 14.1. The van der Waals surface area contributed by atoms with Gasteiger partial charge in [0.1, 0.15) is 11.0 Å². The maximum absolute atomic E-state index is 5.39. The van der Waals surface area contributed by atoms with Crippen LogP contribution in [-0.2, 0) is 25.9 Å². The summed E-state index contributed by atoms with van der Waals surface area (Å²) in [5, 5.41) is 8.04. The quantitative estimate of drug-likeness (QED) is 0.0359. The number of hydrogen-bond donors (Lipinski definition) is 0. The molecule has 8 rings (SSSR count). The molecule has 0 bridgehead atoms. The molecule has 4 atom stereocenters. The van der Waals surface area contributed by atoms with Gasteiger partial charge in [-0.15, -0.1) is 45.3 Å². The summed E-state index contributed by atoms with van der Waals surface area (Å²) < 4.78 is 25.9. The van der Waals surface area contributed by atoms with Gasteiger partial charge in [0.2, 0.25) is 0 Å². The Bertz CT molecular complexity index is 2720. The Labute approximate surface area is 475 Å². The molecule has 75 heavy (non-hydrogen) atoms. The van der Waals surface area contributed by atoms with E-state index < -0.39 is 0 Å². The first kappa shape index (κ1) is 59.1. The van der Waals surface area contributed by atoms with Crippen molar-refractivity contribution < 1.29 is 0 Å². The molecule has 0 aliphatic rings. The molecule has 8 aromatic rings. The summed E-state index contributed by atoms with van der Waals surface area (Å²) in [7, 11) is 0. The van der Waals surface area contributed by atoms with Crippen molar-refractivity contribution in [3.05, 3.63) is 21.9 Å². The molecule has 0 fully saturated rings. The molecule has 7 heterocycles. The van der Waals surface area contributed by atoms with E-state index in [1.807, 2.05) is 0 Å². The van der Waals surface area contributed by atoms with Crippen molar-refractivity contribution in [2.75, 3.05) is 0 Å². The lowest BCUT2D eigenvalue weighted by atomic mass is 9.89. The van der Waals surface area contributed by atoms with Crippen LogP contribution < -0.4 is 0 Å². The van der Waals surface area contributed by atoms with Crippen molar-refractivity contribution in [2.45, 2.75) is 287 Å². The summed E-state index contributed by atoms with van der Waals surface area (Å²) in [5.41, 5.74) is 11.6. The van der Waals surface area contributed by atoms with Crippen LogP contribution in [-0.4, -0.2) is 17.9 Å². The molecule has 0 spiro atoms. The topological polar surface area (TPSA) is 35.6 Å². The van der Waals surface area contributed by atoms with Crippen LogP contribution in [0.3, 0.4) is 0 Å². The van der Waals surface area contributed by atoms with Crippen molar-refractivity contribution in [2.24, 2.45) is 23.7 Å². The zero-order valence-corrected chi connectivity index (χ0v) is 52.8. The number of nitrogens with zero attached hydrogens (tertiary/aromatic N) is 4. The van der Waals surface area contributed by atoms with Gasteiger partial charge in [0, 0.05) is 23.9 Å². The predicted octanol–water partition coefficient (Wildman–Crippen LogP) is 24.7. The summed E-state index contributed by atoms with van der Waals surface area (Å²) in [6.45, 7) is 21.2. The van der Waals surface area contributed by atoms with E-state index in [-0.39, 0.29) is 0 Å². The first-order chi connectivity index (χ1) is 36.9. The summed E-state index contributed by atoms with van der Waals surface area (Å²) in [6, 6.07) is 0. The number of aromatic nitrogens is 4. The Morgan fingerprint density at radius 2 is 0.693 bits per heavy atom. The van der Waals surface area contributed by atoms with E-state index in [0.717, 1.165) is 24.9 Å². The third-order valence-corrected chi connectivity index (χ3v) is 23.3. The van der Waals surface area contributed by atoms with E-state index in [2.05, 4.69) is 121 Å². The Balaban J connectivity index is 1.29. The van der Waals surface area contributed by atoms with Gasteiger partial charge in [0.25, 0.3) is 0 Å². The number of hydrogen-bond acceptors (Lipinski definition) is 7. The standard InChI is InChI=1S/C66H102N4S5/c1-9-17-23-27-29-33-39-49(37-31-25-19-11-3)41-51-45-71-65-59-63(73-61(51)65)53-55-56(68-75-67-55)54-58(57(53)69(59)43-47(15-7)35-21-13-5)70(44-48(16-8)36-22-14-6)60-64(54)74-62-52(46-72-66(60)62)42-50(38-32-26-20-12-4)40-34-30-28-24-18-10-2/h45-50H,9-44H2,1-8H3. The predicted molar refractivity (Wildman–Crippen MR) is 344 cm³/mol. The molecule has 0 saturated carbocycles. The number of fused-ring (bicyclic) bond motifs is 14. The van der Waals surface area contributed by atoms with E-state index in [1.165, 1.54) is 283 Å². The molecule has 4 unspecified atom stereocenters. The zero-order valence-electron chi connectivity index (χ0n) is 48.8. The second-order valence-corrected chi connectivity index (χ2v) is 28.1. The van der Waals surface area contributed by atoms with Crippen LogP contribution in [0.15, 0.2) is 10.8 Å². The van der Waals surface area contributed by atoms with Gasteiger partial charge in [-0.2, -0.15) is 8.75 Å². The van der Waals surface area contributed by atoms with E-state index in [0.29, 0.717) is 11.8 Å². The second kappa shape index (κ2) is 30.5. The van der Waals surface area contributed by atoms with Gasteiger partial charge in [-0.3, -0.25) is 0 Å². The van der Waals surface area contributed by atoms with Crippen LogP contribution in [0.2, 0.25) is 0 Å². The van der Waals surface area contributed by atoms with Gasteiger partial charge in [-0.25, -0.2) is 0 Å². The van der Waals surface area contributed by atoms with Gasteiger partial charge in [-0.05, 0) is 71.2 Å². The maximum Gasteiger partial charge on any atom is 0.116 e. The van der Waals surface area contributed by atoms with E-state index in [1.54, 1.807) is 29.9 Å². The van der Waals surface area contributed by atoms with E-state index in [9.17, 15) is 0 Å². The van der Waals surface area contributed by atoms with E-state index >= 15 is 0 Å². The molecule has 9 heteroatoms. The summed E-state index contributed by atoms with van der Waals surface area (Å²) >= 11 is 9.86. The Morgan fingerprint density at radius 1 is 0.360 bits per heavy atom. The monoisotopic (exact) mass is 1110 g/mol. The highest BCUT2D eigenvalue weighted by molar-refractivity contribution is 7.34. The van der Waals surface area contributed by atoms with Gasteiger partial charge >= 0.3 is 0 Å². The number of benzene rings is 1. The van der Waals surface area contributed by atoms with Crippen molar-refractivity contribution in [1.82, 2.24) is 17.9 Å². The highest BCUT2D eigenvalue weighted by Crippen LogP contribution is 2.54. The molecule has 416 valence electrons. The van der Waals surface area contributed by atoms with Gasteiger partial charge in [-0.1, -0.05) is 248 Å². The highest BCUT2D eigenvalue weighted by atomic mass is 32.1. The fourth-order valence-electron chi connectivity index (χ4n) is 13.3. The largest absolute Gasteiger partial charge is 0.337 e. The third-order valence-electron chi connectivity index (χ3n) is 17.9. The first-order valence-corrected chi connectivity index (χ1v) is 36.0. The lowest BCUT2D eigenvalue weighted by molar-refractivity contribution is 0.398. The summed E-state index contributed by atoms with van der Waals surface area (Å²) in [4.78, 5) is 0. The van der Waals surface area contributed by atoms with Gasteiger partial charge < -0.3 is 9.13 Å². The molecule has 1 aromatic carbocycles. The first-order valence-electron chi connectivity index (χ1n) is 31.9. The lowest BCUT2D eigenvalue weighted by Gasteiger charge is -2.20. The number of rotatable bonds is 40. The average molecular weight is 1110 g/mol. The molecule has 7 aromatic heterocycles. The van der Waals surface area contributed by atoms with Crippen LogP contribution in [0.1, 0.15) is 272 Å². The summed E-state index contributed by atoms with van der Waals surface area (Å²) in [6.07, 6.45) is 45.8. The Morgan fingerprint density at radius 3 is 1.05 bits per heavy atom. The van der Waals surface area contributed by atoms with Crippen LogP contribution in [0.5, 0.6) is 0 Å². The normalized spacial score (nSPS) is 14.2. The van der Waals surface area contributed by atoms with Crippen LogP contribution >= 0.6 is 57.1 Å². The molecular formula is C66H102N4S5. The van der Waals surface area contributed by atoms with Crippen molar-refractivity contribution in [3.63, 3.8) is 0 Å². The minimum atomic E-state index is 0.637. The smallest absolute Gasteiger partial charge is 0.116 e. The molecule has 0 radical (unpaired) electrons. The maximum atomic E-state index is 5.39. The van der Waals surface area contributed by atoms with Crippen molar-refractivity contribution in [3.8, 4) is 0 Å². The minimum absolute atomic E-state index is 0.637. The molecular weight excluding hydrogens is 1010 g/mol. The van der Waals surface area contributed by atoms with Crippen LogP contribution in [0.25, 0.3) is 72.1 Å². The Kier molecular flexibility index (Phi) is 24.0. The SMILES string of the molecule is CCCCCCCCC(CCCCCC)Cc1csc2c1sc1c3c4nsnc4c4c5sc6c(CC(CCCCCC)CCCCCCCC)csc6c5n(CC(CC)CCCC)c4c3n(CC(CC)CCCC)c21. The minimum Gasteiger partial charge on any atom is -0.337 e. The molecule has 4 nitrogen and oxygen atoms in total. The van der Waals surface area contributed by atoms with Crippen molar-refractivity contribution in [1.29, 1.82) is 0 Å². The molecule has 0 amide bonds. The highest BCUT2D eigenvalue weighted by Gasteiger charge is 2.32. The van der Waals surface area contributed by atoms with E-state index in [4.69, 9.17) is 8.75 Å². The molecule has 0 saturated heterocycles. The van der Waals surface area contributed by atoms with Crippen LogP contribution in [0, 0.1) is 23.7 Å². The number of unbranched alkanes of at least 4 members (excludes halogenated alkanes) is 18. The Hall–Kier alpha value is -2.04. The summed E-state index contributed by atoms with van der Waals surface area (Å²) in [5.74, 6) is 2.83. The lowest BCUT2D eigenvalue weighted by Crippen LogP contribution is -2.13. The molecule has 0 aliphatic carbocycles. The zero-order chi connectivity index (χ0) is 52.5. The number of thiophene rings is 4. The molecule has 0 N–H and O–H groups in total. The molecule has 0 aliphatic heterocycles. The van der Waals surface area contributed by atoms with Crippen LogP contribution in [0.4, 0.5) is 0 Å². The fraction of sp³-hybridized carbons (Fsp3) is 0.727.